The highest BCUT2D eigenvalue weighted by Crippen LogP contribution is 2.28. The van der Waals surface area contributed by atoms with Crippen LogP contribution in [0.3, 0.4) is 0 Å². The van der Waals surface area contributed by atoms with Crippen molar-refractivity contribution < 1.29 is 29.3 Å². The molecule has 1 aromatic rings. The van der Waals surface area contributed by atoms with Crippen LogP contribution in [0.2, 0.25) is 0 Å². The number of ether oxygens (including phenoxy) is 2. The standard InChI is InChI=1S/C17H25NO6/c1-10(19)11-6-7-14(23-5)12(8-11)15(21)13(20)9-18-16(22)24-17(2,3)4/h6-8,13,15,20-21H,9H2,1-5H3,(H,18,22). The van der Waals surface area contributed by atoms with E-state index in [4.69, 9.17) is 9.47 Å². The highest BCUT2D eigenvalue weighted by atomic mass is 16.6. The number of rotatable bonds is 6. The van der Waals surface area contributed by atoms with E-state index in [0.717, 1.165) is 0 Å². The van der Waals surface area contributed by atoms with Crippen molar-refractivity contribution in [3.63, 3.8) is 0 Å². The molecule has 0 aliphatic carbocycles. The Hall–Kier alpha value is -2.12. The van der Waals surface area contributed by atoms with Gasteiger partial charge in [0.15, 0.2) is 5.78 Å². The van der Waals surface area contributed by atoms with E-state index in [1.165, 1.54) is 20.1 Å². The molecule has 24 heavy (non-hydrogen) atoms. The zero-order valence-corrected chi connectivity index (χ0v) is 14.6. The topological polar surface area (TPSA) is 105 Å². The number of hydrogen-bond donors (Lipinski definition) is 3. The van der Waals surface area contributed by atoms with E-state index in [2.05, 4.69) is 5.32 Å². The summed E-state index contributed by atoms with van der Waals surface area (Å²) in [4.78, 5) is 23.1. The van der Waals surface area contributed by atoms with Crippen molar-refractivity contribution in [2.75, 3.05) is 13.7 Å². The molecule has 2 atom stereocenters. The maximum atomic E-state index is 11.6. The van der Waals surface area contributed by atoms with E-state index in [-0.39, 0.29) is 17.9 Å². The molecule has 0 fully saturated rings. The van der Waals surface area contributed by atoms with Gasteiger partial charge in [0.25, 0.3) is 0 Å². The molecule has 0 aliphatic heterocycles. The van der Waals surface area contributed by atoms with E-state index < -0.39 is 23.9 Å². The Morgan fingerprint density at radius 2 is 1.88 bits per heavy atom. The average molecular weight is 339 g/mol. The number of hydrogen-bond acceptors (Lipinski definition) is 6. The highest BCUT2D eigenvalue weighted by molar-refractivity contribution is 5.94. The van der Waals surface area contributed by atoms with Crippen LogP contribution >= 0.6 is 0 Å². The Bertz CT molecular complexity index is 593. The molecule has 0 bridgehead atoms. The van der Waals surface area contributed by atoms with Crippen molar-refractivity contribution in [1.82, 2.24) is 5.32 Å². The van der Waals surface area contributed by atoms with Gasteiger partial charge >= 0.3 is 6.09 Å². The predicted molar refractivity (Wildman–Crippen MR) is 88.2 cm³/mol. The predicted octanol–water partition coefficient (Wildman–Crippen LogP) is 1.82. The van der Waals surface area contributed by atoms with Crippen molar-refractivity contribution in [2.24, 2.45) is 0 Å². The number of Topliss-reactive ketones (excluding diaryl/α,β-unsaturated/α-hetero) is 1. The molecule has 3 N–H and O–H groups in total. The van der Waals surface area contributed by atoms with Crippen molar-refractivity contribution in [3.8, 4) is 5.75 Å². The largest absolute Gasteiger partial charge is 0.496 e. The molecule has 0 heterocycles. The molecule has 1 amide bonds. The highest BCUT2D eigenvalue weighted by Gasteiger charge is 2.24. The fraction of sp³-hybridized carbons (Fsp3) is 0.529. The summed E-state index contributed by atoms with van der Waals surface area (Å²) in [6, 6.07) is 4.58. The maximum absolute atomic E-state index is 11.6. The first-order valence-corrected chi connectivity index (χ1v) is 7.57. The van der Waals surface area contributed by atoms with E-state index in [0.29, 0.717) is 11.3 Å². The first kappa shape index (κ1) is 19.9. The summed E-state index contributed by atoms with van der Waals surface area (Å²) in [5.74, 6) is 0.163. The maximum Gasteiger partial charge on any atom is 0.407 e. The van der Waals surface area contributed by atoms with Crippen LogP contribution in [0.25, 0.3) is 0 Å². The first-order valence-electron chi connectivity index (χ1n) is 7.57. The van der Waals surface area contributed by atoms with Crippen molar-refractivity contribution in [2.45, 2.75) is 45.5 Å². The minimum Gasteiger partial charge on any atom is -0.496 e. The normalized spacial score (nSPS) is 13.8. The van der Waals surface area contributed by atoms with Crippen LogP contribution in [0.5, 0.6) is 5.75 Å². The monoisotopic (exact) mass is 339 g/mol. The van der Waals surface area contributed by atoms with Gasteiger partial charge in [-0.1, -0.05) is 0 Å². The molecule has 0 aromatic heterocycles. The van der Waals surface area contributed by atoms with Crippen LogP contribution in [-0.2, 0) is 4.74 Å². The molecule has 134 valence electrons. The van der Waals surface area contributed by atoms with Gasteiger partial charge in [0, 0.05) is 17.7 Å². The summed E-state index contributed by atoms with van der Waals surface area (Å²) in [5.41, 5.74) is -0.00647. The number of aliphatic hydroxyl groups excluding tert-OH is 2. The minimum atomic E-state index is -1.34. The average Bonchev–Trinajstić information content (AvgIpc) is 2.49. The molecule has 2 unspecified atom stereocenters. The number of amides is 1. The van der Waals surface area contributed by atoms with Crippen molar-refractivity contribution >= 4 is 11.9 Å². The lowest BCUT2D eigenvalue weighted by atomic mass is 9.99. The molecule has 0 spiro atoms. The molecular formula is C17H25NO6. The zero-order valence-electron chi connectivity index (χ0n) is 14.6. The third-order valence-electron chi connectivity index (χ3n) is 3.17. The van der Waals surface area contributed by atoms with Crippen LogP contribution in [0, 0.1) is 0 Å². The SMILES string of the molecule is COc1ccc(C(C)=O)cc1C(O)C(O)CNC(=O)OC(C)(C)C. The van der Waals surface area contributed by atoms with E-state index in [1.54, 1.807) is 32.9 Å². The lowest BCUT2D eigenvalue weighted by molar-refractivity contribution is 0.0119. The Morgan fingerprint density at radius 1 is 1.25 bits per heavy atom. The fourth-order valence-corrected chi connectivity index (χ4v) is 2.01. The molecule has 7 heteroatoms. The smallest absolute Gasteiger partial charge is 0.407 e. The lowest BCUT2D eigenvalue weighted by Gasteiger charge is -2.23. The molecule has 0 saturated heterocycles. The number of carbonyl (C=O) groups is 2. The minimum absolute atomic E-state index is 0.174. The van der Waals surface area contributed by atoms with Gasteiger partial charge in [0.05, 0.1) is 7.11 Å². The summed E-state index contributed by atoms with van der Waals surface area (Å²) in [5, 5.41) is 22.8. The molecule has 0 radical (unpaired) electrons. The number of ketones is 1. The fourth-order valence-electron chi connectivity index (χ4n) is 2.01. The summed E-state index contributed by atoms with van der Waals surface area (Å²) < 4.78 is 10.2. The molecule has 0 saturated carbocycles. The Kier molecular flexibility index (Phi) is 6.74. The van der Waals surface area contributed by atoms with E-state index in [1.807, 2.05) is 0 Å². The van der Waals surface area contributed by atoms with Crippen LogP contribution < -0.4 is 10.1 Å². The van der Waals surface area contributed by atoms with Crippen LogP contribution in [-0.4, -0.2) is 47.4 Å². The van der Waals surface area contributed by atoms with Crippen LogP contribution in [0.4, 0.5) is 4.79 Å². The molecule has 1 aromatic carbocycles. The second-order valence-corrected chi connectivity index (χ2v) is 6.41. The van der Waals surface area contributed by atoms with Gasteiger partial charge in [-0.05, 0) is 45.9 Å². The number of benzene rings is 1. The zero-order chi connectivity index (χ0) is 18.5. The third kappa shape index (κ3) is 5.82. The van der Waals surface area contributed by atoms with Gasteiger partial charge in [0.2, 0.25) is 0 Å². The van der Waals surface area contributed by atoms with Gasteiger partial charge in [0.1, 0.15) is 23.6 Å². The summed E-state index contributed by atoms with van der Waals surface area (Å²) in [6.45, 7) is 6.34. The Labute approximate surface area is 141 Å². The van der Waals surface area contributed by atoms with E-state index >= 15 is 0 Å². The van der Waals surface area contributed by atoms with Crippen molar-refractivity contribution in [1.29, 1.82) is 0 Å². The van der Waals surface area contributed by atoms with Crippen molar-refractivity contribution in [3.05, 3.63) is 29.3 Å². The van der Waals surface area contributed by atoms with Crippen LogP contribution in [0.15, 0.2) is 18.2 Å². The quantitative estimate of drug-likeness (QED) is 0.683. The van der Waals surface area contributed by atoms with E-state index in [9.17, 15) is 19.8 Å². The number of methoxy groups -OCH3 is 1. The lowest BCUT2D eigenvalue weighted by Crippen LogP contribution is -2.38. The summed E-state index contributed by atoms with van der Waals surface area (Å²) in [7, 11) is 1.42. The number of carbonyl (C=O) groups excluding carboxylic acids is 2. The number of alkyl carbamates (subject to hydrolysis) is 1. The molecule has 1 rings (SSSR count). The van der Waals surface area contributed by atoms with Gasteiger partial charge in [-0.2, -0.15) is 0 Å². The number of aliphatic hydroxyl groups is 2. The van der Waals surface area contributed by atoms with Gasteiger partial charge in [-0.3, -0.25) is 4.79 Å². The van der Waals surface area contributed by atoms with Crippen LogP contribution in [0.1, 0.15) is 49.7 Å². The first-order chi connectivity index (χ1) is 11.0. The Morgan fingerprint density at radius 3 is 2.38 bits per heavy atom. The number of nitrogens with one attached hydrogen (secondary N) is 1. The van der Waals surface area contributed by atoms with Gasteiger partial charge < -0.3 is 25.0 Å². The third-order valence-corrected chi connectivity index (χ3v) is 3.17. The van der Waals surface area contributed by atoms with Gasteiger partial charge in [-0.25, -0.2) is 4.79 Å². The molecule has 7 nitrogen and oxygen atoms in total. The summed E-state index contributed by atoms with van der Waals surface area (Å²) >= 11 is 0. The summed E-state index contributed by atoms with van der Waals surface area (Å²) in [6.07, 6.45) is -3.33. The second kappa shape index (κ2) is 8.12. The Balaban J connectivity index is 2.81. The van der Waals surface area contributed by atoms with Gasteiger partial charge in [-0.15, -0.1) is 0 Å². The second-order valence-electron chi connectivity index (χ2n) is 6.41. The molecular weight excluding hydrogens is 314 g/mol. The molecule has 0 aliphatic rings.